The average Bonchev–Trinajstić information content (AvgIpc) is 2.88. The SMILES string of the molecule is N[C@H]1Cn2c(nc3ccccc32)C[C@@H]1c1cc(F)c(F)cc1F. The number of fused-ring (bicyclic) bond motifs is 3. The maximum atomic E-state index is 14.1. The monoisotopic (exact) mass is 317 g/mol. The van der Waals surface area contributed by atoms with Crippen molar-refractivity contribution in [1.29, 1.82) is 0 Å². The summed E-state index contributed by atoms with van der Waals surface area (Å²) >= 11 is 0. The van der Waals surface area contributed by atoms with Crippen LogP contribution < -0.4 is 5.73 Å². The Morgan fingerprint density at radius 1 is 1.04 bits per heavy atom. The van der Waals surface area contributed by atoms with E-state index in [4.69, 9.17) is 5.73 Å². The summed E-state index contributed by atoms with van der Waals surface area (Å²) in [5, 5.41) is 0. The van der Waals surface area contributed by atoms with Crippen LogP contribution in [0, 0.1) is 17.5 Å². The van der Waals surface area contributed by atoms with Gasteiger partial charge in [-0.15, -0.1) is 0 Å². The number of para-hydroxylation sites is 2. The van der Waals surface area contributed by atoms with Crippen molar-refractivity contribution < 1.29 is 13.2 Å². The highest BCUT2D eigenvalue weighted by Gasteiger charge is 2.31. The van der Waals surface area contributed by atoms with Crippen molar-refractivity contribution in [3.8, 4) is 0 Å². The van der Waals surface area contributed by atoms with E-state index in [9.17, 15) is 13.2 Å². The molecule has 23 heavy (non-hydrogen) atoms. The first-order chi connectivity index (χ1) is 11.0. The van der Waals surface area contributed by atoms with Crippen molar-refractivity contribution in [3.05, 3.63) is 65.2 Å². The molecule has 0 saturated heterocycles. The molecule has 1 aliphatic heterocycles. The molecule has 0 amide bonds. The minimum absolute atomic E-state index is 0.106. The molecule has 3 nitrogen and oxygen atoms in total. The van der Waals surface area contributed by atoms with E-state index in [1.807, 2.05) is 28.8 Å². The van der Waals surface area contributed by atoms with Crippen molar-refractivity contribution in [1.82, 2.24) is 9.55 Å². The van der Waals surface area contributed by atoms with E-state index in [0.29, 0.717) is 19.0 Å². The fourth-order valence-corrected chi connectivity index (χ4v) is 3.33. The van der Waals surface area contributed by atoms with E-state index in [2.05, 4.69) is 4.98 Å². The Morgan fingerprint density at radius 2 is 1.78 bits per heavy atom. The zero-order valence-electron chi connectivity index (χ0n) is 12.1. The molecule has 1 aromatic heterocycles. The van der Waals surface area contributed by atoms with Crippen molar-refractivity contribution in [3.63, 3.8) is 0 Å². The van der Waals surface area contributed by atoms with Gasteiger partial charge in [0.05, 0.1) is 11.0 Å². The van der Waals surface area contributed by atoms with Gasteiger partial charge in [-0.25, -0.2) is 18.2 Å². The number of rotatable bonds is 1. The Balaban J connectivity index is 1.79. The molecule has 118 valence electrons. The predicted molar refractivity (Wildman–Crippen MR) is 80.5 cm³/mol. The van der Waals surface area contributed by atoms with E-state index in [0.717, 1.165) is 22.9 Å². The van der Waals surface area contributed by atoms with Crippen molar-refractivity contribution >= 4 is 11.0 Å². The average molecular weight is 317 g/mol. The summed E-state index contributed by atoms with van der Waals surface area (Å²) in [7, 11) is 0. The number of aromatic nitrogens is 2. The lowest BCUT2D eigenvalue weighted by atomic mass is 9.86. The standard InChI is InChI=1S/C17H14F3N3/c18-11-7-13(20)12(19)5-9(11)10-6-17-22-15-3-1-2-4-16(15)23(17)8-14(10)21/h1-5,7,10,14H,6,8,21H2/t10-,14+/m1/s1. The number of nitrogens with two attached hydrogens (primary N) is 1. The van der Waals surface area contributed by atoms with E-state index in [1.165, 1.54) is 0 Å². The van der Waals surface area contributed by atoms with E-state index in [-0.39, 0.29) is 5.56 Å². The number of hydrogen-bond donors (Lipinski definition) is 1. The summed E-state index contributed by atoms with van der Waals surface area (Å²) in [6.07, 6.45) is 0.387. The Labute approximate surface area is 130 Å². The van der Waals surface area contributed by atoms with Gasteiger partial charge in [-0.05, 0) is 23.8 Å². The van der Waals surface area contributed by atoms with Gasteiger partial charge in [0.2, 0.25) is 0 Å². The fourth-order valence-electron chi connectivity index (χ4n) is 3.33. The lowest BCUT2D eigenvalue weighted by molar-refractivity contribution is 0.392. The molecular formula is C17H14F3N3. The topological polar surface area (TPSA) is 43.8 Å². The molecule has 6 heteroatoms. The van der Waals surface area contributed by atoms with Gasteiger partial charge in [0, 0.05) is 31.0 Å². The summed E-state index contributed by atoms with van der Waals surface area (Å²) in [5.74, 6) is -2.68. The molecule has 2 atom stereocenters. The van der Waals surface area contributed by atoms with Crippen LogP contribution in [0.25, 0.3) is 11.0 Å². The number of nitrogens with zero attached hydrogens (tertiary/aromatic N) is 2. The first-order valence-corrected chi connectivity index (χ1v) is 7.39. The number of imidazole rings is 1. The quantitative estimate of drug-likeness (QED) is 0.701. The minimum atomic E-state index is -1.19. The van der Waals surface area contributed by atoms with Crippen molar-refractivity contribution in [2.75, 3.05) is 0 Å². The van der Waals surface area contributed by atoms with Crippen molar-refractivity contribution in [2.45, 2.75) is 24.9 Å². The highest BCUT2D eigenvalue weighted by Crippen LogP contribution is 2.33. The summed E-state index contributed by atoms with van der Waals surface area (Å²) in [6, 6.07) is 8.76. The molecule has 0 fully saturated rings. The molecule has 0 aliphatic carbocycles. The van der Waals surface area contributed by atoms with Crippen LogP contribution in [-0.4, -0.2) is 15.6 Å². The van der Waals surface area contributed by atoms with Gasteiger partial charge < -0.3 is 10.3 Å². The van der Waals surface area contributed by atoms with Gasteiger partial charge in [0.1, 0.15) is 11.6 Å². The van der Waals surface area contributed by atoms with Gasteiger partial charge in [-0.3, -0.25) is 0 Å². The highest BCUT2D eigenvalue weighted by atomic mass is 19.2. The smallest absolute Gasteiger partial charge is 0.161 e. The van der Waals surface area contributed by atoms with Crippen LogP contribution in [0.1, 0.15) is 17.3 Å². The molecule has 2 heterocycles. The van der Waals surface area contributed by atoms with E-state index < -0.39 is 29.4 Å². The second kappa shape index (κ2) is 5.09. The number of benzene rings is 2. The summed E-state index contributed by atoms with van der Waals surface area (Å²) < 4.78 is 42.7. The molecule has 0 spiro atoms. The van der Waals surface area contributed by atoms with E-state index >= 15 is 0 Å². The Bertz CT molecular complexity index is 903. The first-order valence-electron chi connectivity index (χ1n) is 7.39. The maximum absolute atomic E-state index is 14.1. The van der Waals surface area contributed by atoms with Crippen LogP contribution in [0.4, 0.5) is 13.2 Å². The van der Waals surface area contributed by atoms with Gasteiger partial charge in [0.25, 0.3) is 0 Å². The Kier molecular flexibility index (Phi) is 3.16. The minimum Gasteiger partial charge on any atom is -0.326 e. The molecule has 4 rings (SSSR count). The summed E-state index contributed by atoms with van der Waals surface area (Å²) in [6.45, 7) is 0.457. The van der Waals surface area contributed by atoms with Gasteiger partial charge in [-0.2, -0.15) is 0 Å². The molecule has 0 unspecified atom stereocenters. The van der Waals surface area contributed by atoms with Crippen LogP contribution in [-0.2, 0) is 13.0 Å². The third-order valence-electron chi connectivity index (χ3n) is 4.49. The third-order valence-corrected chi connectivity index (χ3v) is 4.49. The summed E-state index contributed by atoms with van der Waals surface area (Å²) in [5.41, 5.74) is 8.13. The first kappa shape index (κ1) is 14.3. The lowest BCUT2D eigenvalue weighted by Crippen LogP contribution is -2.39. The summed E-state index contributed by atoms with van der Waals surface area (Å²) in [4.78, 5) is 4.55. The highest BCUT2D eigenvalue weighted by molar-refractivity contribution is 5.76. The molecule has 2 aromatic carbocycles. The zero-order chi connectivity index (χ0) is 16.1. The van der Waals surface area contributed by atoms with Crippen LogP contribution in [0.5, 0.6) is 0 Å². The maximum Gasteiger partial charge on any atom is 0.161 e. The van der Waals surface area contributed by atoms with Gasteiger partial charge >= 0.3 is 0 Å². The number of halogens is 3. The normalized spacial score (nSPS) is 20.7. The molecule has 2 N–H and O–H groups in total. The largest absolute Gasteiger partial charge is 0.326 e. The van der Waals surface area contributed by atoms with Crippen LogP contribution in [0.2, 0.25) is 0 Å². The molecule has 1 aliphatic rings. The molecular weight excluding hydrogens is 303 g/mol. The lowest BCUT2D eigenvalue weighted by Gasteiger charge is -2.30. The molecule has 0 radical (unpaired) electrons. The molecule has 0 bridgehead atoms. The molecule has 0 saturated carbocycles. The zero-order valence-corrected chi connectivity index (χ0v) is 12.1. The van der Waals surface area contributed by atoms with Crippen LogP contribution in [0.15, 0.2) is 36.4 Å². The van der Waals surface area contributed by atoms with Crippen molar-refractivity contribution in [2.24, 2.45) is 5.73 Å². The Hall–Kier alpha value is -2.34. The predicted octanol–water partition coefficient (Wildman–Crippen LogP) is 3.12. The third kappa shape index (κ3) is 2.21. The number of hydrogen-bond acceptors (Lipinski definition) is 2. The van der Waals surface area contributed by atoms with Crippen LogP contribution >= 0.6 is 0 Å². The Morgan fingerprint density at radius 3 is 2.61 bits per heavy atom. The fraction of sp³-hybridized carbons (Fsp3) is 0.235. The van der Waals surface area contributed by atoms with Gasteiger partial charge in [0.15, 0.2) is 11.6 Å². The second-order valence-electron chi connectivity index (χ2n) is 5.89. The second-order valence-corrected chi connectivity index (χ2v) is 5.89. The van der Waals surface area contributed by atoms with Crippen LogP contribution in [0.3, 0.4) is 0 Å². The van der Waals surface area contributed by atoms with Gasteiger partial charge in [-0.1, -0.05) is 12.1 Å². The molecule has 3 aromatic rings. The van der Waals surface area contributed by atoms with E-state index in [1.54, 1.807) is 0 Å².